The lowest BCUT2D eigenvalue weighted by molar-refractivity contribution is -0.131. The van der Waals surface area contributed by atoms with Crippen molar-refractivity contribution in [1.82, 2.24) is 0 Å². The van der Waals surface area contributed by atoms with E-state index in [1.54, 1.807) is 26.4 Å². The molecule has 1 rings (SSSR count). The van der Waals surface area contributed by atoms with E-state index in [-0.39, 0.29) is 0 Å². The van der Waals surface area contributed by atoms with Crippen molar-refractivity contribution in [2.24, 2.45) is 0 Å². The molecule has 146 valence electrons. The monoisotopic (exact) mass is 364 g/mol. The van der Waals surface area contributed by atoms with E-state index in [9.17, 15) is 4.79 Å². The lowest BCUT2D eigenvalue weighted by atomic mass is 10.1. The van der Waals surface area contributed by atoms with Crippen LogP contribution in [0.15, 0.2) is 18.2 Å². The van der Waals surface area contributed by atoms with Crippen LogP contribution in [0.1, 0.15) is 63.9 Å². The second-order valence-corrected chi connectivity index (χ2v) is 6.25. The molecule has 1 N–H and O–H groups in total. The highest BCUT2D eigenvalue weighted by Crippen LogP contribution is 2.39. The van der Waals surface area contributed by atoms with E-state index in [4.69, 9.17) is 19.3 Å². The highest BCUT2D eigenvalue weighted by Gasteiger charge is 2.13. The molecule has 0 bridgehead atoms. The van der Waals surface area contributed by atoms with Gasteiger partial charge < -0.3 is 19.3 Å². The first kappa shape index (κ1) is 21.9. The van der Waals surface area contributed by atoms with Crippen LogP contribution in [0.4, 0.5) is 0 Å². The van der Waals surface area contributed by atoms with Gasteiger partial charge in [-0.05, 0) is 30.2 Å². The van der Waals surface area contributed by atoms with Gasteiger partial charge in [-0.1, -0.05) is 51.9 Å². The summed E-state index contributed by atoms with van der Waals surface area (Å²) in [6, 6.07) is 3.48. The van der Waals surface area contributed by atoms with Gasteiger partial charge in [-0.2, -0.15) is 0 Å². The largest absolute Gasteiger partial charge is 0.493 e. The second-order valence-electron chi connectivity index (χ2n) is 6.25. The summed E-state index contributed by atoms with van der Waals surface area (Å²) >= 11 is 0. The molecule has 0 aliphatic rings. The van der Waals surface area contributed by atoms with Crippen LogP contribution in [0.25, 0.3) is 6.08 Å². The minimum absolute atomic E-state index is 0.536. The summed E-state index contributed by atoms with van der Waals surface area (Å²) in [5.74, 6) is 0.631. The molecule has 0 aromatic heterocycles. The minimum Gasteiger partial charge on any atom is -0.493 e. The Hall–Kier alpha value is -2.17. The van der Waals surface area contributed by atoms with Gasteiger partial charge in [-0.25, -0.2) is 4.79 Å². The van der Waals surface area contributed by atoms with E-state index >= 15 is 0 Å². The first-order valence-corrected chi connectivity index (χ1v) is 9.42. The zero-order chi connectivity index (χ0) is 19.2. The van der Waals surface area contributed by atoms with Gasteiger partial charge in [0.15, 0.2) is 11.5 Å². The van der Waals surface area contributed by atoms with Crippen molar-refractivity contribution in [3.63, 3.8) is 0 Å². The number of carboxylic acids is 1. The highest BCUT2D eigenvalue weighted by atomic mass is 16.5. The molecule has 0 aliphatic heterocycles. The highest BCUT2D eigenvalue weighted by molar-refractivity contribution is 5.85. The Morgan fingerprint density at radius 3 is 2.00 bits per heavy atom. The molecule has 0 atom stereocenters. The number of methoxy groups -OCH3 is 2. The molecule has 5 nitrogen and oxygen atoms in total. The van der Waals surface area contributed by atoms with E-state index < -0.39 is 5.97 Å². The van der Waals surface area contributed by atoms with Crippen LogP contribution in [-0.2, 0) is 4.79 Å². The molecule has 1 aromatic carbocycles. The average Bonchev–Trinajstić information content (AvgIpc) is 2.64. The molecular weight excluding hydrogens is 332 g/mol. The smallest absolute Gasteiger partial charge is 0.328 e. The lowest BCUT2D eigenvalue weighted by Gasteiger charge is -2.15. The number of aliphatic carboxylic acids is 1. The van der Waals surface area contributed by atoms with Gasteiger partial charge in [0, 0.05) is 6.08 Å². The number of benzene rings is 1. The molecule has 0 amide bonds. The molecular formula is C21H32O5. The SMILES string of the molecule is CCCCCCCCCCOc1c(OC)cc(C=CC(=O)O)cc1OC. The van der Waals surface area contributed by atoms with Gasteiger partial charge in [0.1, 0.15) is 0 Å². The minimum atomic E-state index is -1.00. The van der Waals surface area contributed by atoms with Crippen LogP contribution in [0, 0.1) is 0 Å². The molecule has 0 aliphatic carbocycles. The number of rotatable bonds is 14. The lowest BCUT2D eigenvalue weighted by Crippen LogP contribution is -2.02. The standard InChI is InChI=1S/C21H32O5/c1-4-5-6-7-8-9-10-11-14-26-21-18(24-2)15-17(12-13-20(22)23)16-19(21)25-3/h12-13,15-16H,4-11,14H2,1-3H3,(H,22,23). The van der Waals surface area contributed by atoms with E-state index in [0.29, 0.717) is 29.4 Å². The zero-order valence-corrected chi connectivity index (χ0v) is 16.3. The Kier molecular flexibility index (Phi) is 11.0. The summed E-state index contributed by atoms with van der Waals surface area (Å²) in [6.07, 6.45) is 12.5. The van der Waals surface area contributed by atoms with Gasteiger partial charge in [-0.3, -0.25) is 0 Å². The van der Waals surface area contributed by atoms with Crippen molar-refractivity contribution in [3.8, 4) is 17.2 Å². The first-order chi connectivity index (χ1) is 12.6. The van der Waals surface area contributed by atoms with Crippen molar-refractivity contribution in [3.05, 3.63) is 23.8 Å². The van der Waals surface area contributed by atoms with Crippen molar-refractivity contribution >= 4 is 12.0 Å². The van der Waals surface area contributed by atoms with Crippen molar-refractivity contribution in [2.45, 2.75) is 58.3 Å². The maximum absolute atomic E-state index is 10.7. The average molecular weight is 364 g/mol. The van der Waals surface area contributed by atoms with Crippen LogP contribution in [0.3, 0.4) is 0 Å². The van der Waals surface area contributed by atoms with Crippen LogP contribution < -0.4 is 14.2 Å². The number of ether oxygens (including phenoxy) is 3. The van der Waals surface area contributed by atoms with E-state index in [1.165, 1.54) is 44.6 Å². The van der Waals surface area contributed by atoms with Crippen LogP contribution in [0.2, 0.25) is 0 Å². The van der Waals surface area contributed by atoms with Gasteiger partial charge in [-0.15, -0.1) is 0 Å². The van der Waals surface area contributed by atoms with E-state index in [1.807, 2.05) is 0 Å². The summed E-state index contributed by atoms with van der Waals surface area (Å²) in [7, 11) is 3.12. The summed E-state index contributed by atoms with van der Waals surface area (Å²) < 4.78 is 16.6. The molecule has 0 radical (unpaired) electrons. The third kappa shape index (κ3) is 8.28. The quantitative estimate of drug-likeness (QED) is 0.357. The Morgan fingerprint density at radius 1 is 0.962 bits per heavy atom. The van der Waals surface area contributed by atoms with Crippen LogP contribution in [0.5, 0.6) is 17.2 Å². The fourth-order valence-corrected chi connectivity index (χ4v) is 2.72. The Labute approximate surface area is 157 Å². The van der Waals surface area contributed by atoms with Gasteiger partial charge in [0.05, 0.1) is 20.8 Å². The summed E-state index contributed by atoms with van der Waals surface area (Å²) in [5, 5.41) is 8.76. The second kappa shape index (κ2) is 13.1. The van der Waals surface area contributed by atoms with Crippen molar-refractivity contribution in [2.75, 3.05) is 20.8 Å². The Bertz CT molecular complexity index is 541. The molecule has 0 saturated carbocycles. The van der Waals surface area contributed by atoms with Gasteiger partial charge in [0.2, 0.25) is 5.75 Å². The van der Waals surface area contributed by atoms with Gasteiger partial charge >= 0.3 is 5.97 Å². The fourth-order valence-electron chi connectivity index (χ4n) is 2.72. The van der Waals surface area contributed by atoms with Gasteiger partial charge in [0.25, 0.3) is 0 Å². The molecule has 26 heavy (non-hydrogen) atoms. The Balaban J connectivity index is 2.53. The molecule has 0 heterocycles. The predicted octanol–water partition coefficient (Wildman–Crippen LogP) is 5.32. The molecule has 0 spiro atoms. The van der Waals surface area contributed by atoms with Crippen LogP contribution in [-0.4, -0.2) is 31.9 Å². The fraction of sp³-hybridized carbons (Fsp3) is 0.571. The Morgan fingerprint density at radius 2 is 1.50 bits per heavy atom. The number of carbonyl (C=O) groups is 1. The number of unbranched alkanes of at least 4 members (excludes halogenated alkanes) is 7. The topological polar surface area (TPSA) is 65.0 Å². The van der Waals surface area contributed by atoms with Crippen LogP contribution >= 0.6 is 0 Å². The number of hydrogen-bond acceptors (Lipinski definition) is 4. The molecule has 0 fully saturated rings. The third-order valence-electron chi connectivity index (χ3n) is 4.15. The maximum Gasteiger partial charge on any atom is 0.328 e. The number of hydrogen-bond donors (Lipinski definition) is 1. The van der Waals surface area contributed by atoms with E-state index in [0.717, 1.165) is 18.9 Å². The zero-order valence-electron chi connectivity index (χ0n) is 16.3. The summed E-state index contributed by atoms with van der Waals surface area (Å²) in [6.45, 7) is 2.83. The maximum atomic E-state index is 10.7. The molecule has 0 saturated heterocycles. The molecule has 5 heteroatoms. The molecule has 1 aromatic rings. The van der Waals surface area contributed by atoms with E-state index in [2.05, 4.69) is 6.92 Å². The first-order valence-electron chi connectivity index (χ1n) is 9.42. The third-order valence-corrected chi connectivity index (χ3v) is 4.15. The summed E-state index contributed by atoms with van der Waals surface area (Å²) in [4.78, 5) is 10.7. The predicted molar refractivity (Wildman–Crippen MR) is 104 cm³/mol. The normalized spacial score (nSPS) is 10.9. The van der Waals surface area contributed by atoms with Crippen molar-refractivity contribution < 1.29 is 24.1 Å². The van der Waals surface area contributed by atoms with Crippen molar-refractivity contribution in [1.29, 1.82) is 0 Å². The molecule has 0 unspecified atom stereocenters. The summed E-state index contributed by atoms with van der Waals surface area (Å²) in [5.41, 5.74) is 0.681. The number of carboxylic acid groups (broad SMARTS) is 1.